The molecule has 1 unspecified atom stereocenters. The third-order valence-corrected chi connectivity index (χ3v) is 4.86. The number of aliphatic hydroxyl groups excluding tert-OH is 1. The average molecular weight is 302 g/mol. The van der Waals surface area contributed by atoms with E-state index in [2.05, 4.69) is 32.3 Å². The van der Waals surface area contributed by atoms with E-state index in [4.69, 9.17) is 0 Å². The molecule has 0 bridgehead atoms. The molecule has 1 fully saturated rings. The number of β-amino-alcohol motifs (C(OH)–C–C–N with tert-alkyl or cyclic N) is 1. The molecule has 0 amide bonds. The molecule has 0 saturated carbocycles. The number of hydrogen-bond acceptors (Lipinski definition) is 4. The molecule has 120 valence electrons. The number of likely N-dealkylation sites (N-methyl/N-ethyl adjacent to an activating group) is 1. The van der Waals surface area contributed by atoms with Crippen LogP contribution in [0.15, 0.2) is 18.2 Å². The van der Waals surface area contributed by atoms with Crippen molar-refractivity contribution in [3.05, 3.63) is 29.6 Å². The van der Waals surface area contributed by atoms with Crippen molar-refractivity contribution in [2.75, 3.05) is 39.3 Å². The summed E-state index contributed by atoms with van der Waals surface area (Å²) in [6.45, 7) is 10.3. The lowest BCUT2D eigenvalue weighted by molar-refractivity contribution is 0.0744. The molecule has 22 heavy (non-hydrogen) atoms. The van der Waals surface area contributed by atoms with Gasteiger partial charge in [-0.05, 0) is 31.2 Å². The highest BCUT2D eigenvalue weighted by Crippen LogP contribution is 2.21. The number of benzene rings is 1. The van der Waals surface area contributed by atoms with Gasteiger partial charge in [0, 0.05) is 39.8 Å². The second-order valence-corrected chi connectivity index (χ2v) is 6.22. The van der Waals surface area contributed by atoms with Crippen LogP contribution in [0.4, 0.5) is 0 Å². The van der Waals surface area contributed by atoms with Crippen LogP contribution in [0, 0.1) is 6.92 Å². The molecule has 5 heteroatoms. The highest BCUT2D eigenvalue weighted by atomic mass is 16.3. The molecule has 1 aromatic heterocycles. The Labute approximate surface area is 132 Å². The number of nitrogens with zero attached hydrogens (tertiary/aromatic N) is 4. The minimum Gasteiger partial charge on any atom is -0.387 e. The van der Waals surface area contributed by atoms with Crippen LogP contribution in [0.25, 0.3) is 11.0 Å². The Hall–Kier alpha value is -1.43. The van der Waals surface area contributed by atoms with Gasteiger partial charge in [0.2, 0.25) is 0 Å². The Bertz CT molecular complexity index is 643. The van der Waals surface area contributed by atoms with E-state index in [1.165, 1.54) is 0 Å². The molecule has 2 aromatic rings. The smallest absolute Gasteiger partial charge is 0.106 e. The zero-order chi connectivity index (χ0) is 15.7. The second kappa shape index (κ2) is 6.36. The highest BCUT2D eigenvalue weighted by Gasteiger charge is 2.19. The van der Waals surface area contributed by atoms with Gasteiger partial charge >= 0.3 is 0 Å². The van der Waals surface area contributed by atoms with Crippen molar-refractivity contribution in [1.82, 2.24) is 19.4 Å². The lowest BCUT2D eigenvalue weighted by atomic mass is 10.1. The van der Waals surface area contributed by atoms with Crippen molar-refractivity contribution in [3.63, 3.8) is 0 Å². The molecule has 1 aliphatic rings. The first-order valence-corrected chi connectivity index (χ1v) is 8.14. The van der Waals surface area contributed by atoms with Crippen molar-refractivity contribution >= 4 is 11.0 Å². The molecule has 0 aliphatic carbocycles. The highest BCUT2D eigenvalue weighted by molar-refractivity contribution is 5.76. The summed E-state index contributed by atoms with van der Waals surface area (Å²) in [5.74, 6) is 0.998. The van der Waals surface area contributed by atoms with Crippen molar-refractivity contribution in [2.45, 2.75) is 20.0 Å². The van der Waals surface area contributed by atoms with Gasteiger partial charge in [0.05, 0.1) is 17.1 Å². The summed E-state index contributed by atoms with van der Waals surface area (Å²) >= 11 is 0. The van der Waals surface area contributed by atoms with Crippen LogP contribution in [0.3, 0.4) is 0 Å². The number of piperazine rings is 1. The van der Waals surface area contributed by atoms with Gasteiger partial charge < -0.3 is 14.6 Å². The summed E-state index contributed by atoms with van der Waals surface area (Å²) in [5.41, 5.74) is 3.04. The van der Waals surface area contributed by atoms with Crippen molar-refractivity contribution in [3.8, 4) is 0 Å². The monoisotopic (exact) mass is 302 g/mol. The molecule has 1 saturated heterocycles. The molecular formula is C17H26N4O. The van der Waals surface area contributed by atoms with Gasteiger partial charge in [-0.2, -0.15) is 0 Å². The normalized spacial score (nSPS) is 18.9. The maximum atomic E-state index is 10.5. The van der Waals surface area contributed by atoms with Crippen LogP contribution in [0.5, 0.6) is 0 Å². The zero-order valence-corrected chi connectivity index (χ0v) is 13.8. The average Bonchev–Trinajstić information content (AvgIpc) is 2.82. The molecule has 5 nitrogen and oxygen atoms in total. The summed E-state index contributed by atoms with van der Waals surface area (Å²) in [6, 6.07) is 6.11. The topological polar surface area (TPSA) is 44.5 Å². The largest absolute Gasteiger partial charge is 0.387 e. The Morgan fingerprint density at radius 1 is 1.18 bits per heavy atom. The summed E-state index contributed by atoms with van der Waals surface area (Å²) in [7, 11) is 2.02. The summed E-state index contributed by atoms with van der Waals surface area (Å²) in [5, 5.41) is 10.5. The van der Waals surface area contributed by atoms with Gasteiger partial charge in [0.25, 0.3) is 0 Å². The van der Waals surface area contributed by atoms with E-state index in [1.54, 1.807) is 0 Å². The lowest BCUT2D eigenvalue weighted by Crippen LogP contribution is -2.47. The van der Waals surface area contributed by atoms with Crippen LogP contribution in [-0.2, 0) is 7.05 Å². The number of imidazole rings is 1. The molecule has 1 N–H and O–H groups in total. The molecule has 3 rings (SSSR count). The maximum absolute atomic E-state index is 10.5. The van der Waals surface area contributed by atoms with E-state index in [-0.39, 0.29) is 0 Å². The third-order valence-electron chi connectivity index (χ3n) is 4.86. The van der Waals surface area contributed by atoms with Crippen LogP contribution < -0.4 is 0 Å². The fraction of sp³-hybridized carbons (Fsp3) is 0.588. The third kappa shape index (κ3) is 3.02. The van der Waals surface area contributed by atoms with Gasteiger partial charge in [0.1, 0.15) is 5.82 Å². The van der Waals surface area contributed by atoms with E-state index in [1.807, 2.05) is 26.1 Å². The second-order valence-electron chi connectivity index (χ2n) is 6.22. The predicted octanol–water partition coefficient (Wildman–Crippen LogP) is 1.55. The van der Waals surface area contributed by atoms with E-state index >= 15 is 0 Å². The molecule has 2 heterocycles. The van der Waals surface area contributed by atoms with E-state index in [0.717, 1.165) is 55.1 Å². The molecule has 1 atom stereocenters. The lowest BCUT2D eigenvalue weighted by Gasteiger charge is -2.35. The van der Waals surface area contributed by atoms with Crippen molar-refractivity contribution in [1.29, 1.82) is 0 Å². The molecular weight excluding hydrogens is 276 g/mol. The van der Waals surface area contributed by atoms with Crippen molar-refractivity contribution < 1.29 is 5.11 Å². The molecule has 1 aromatic carbocycles. The van der Waals surface area contributed by atoms with Gasteiger partial charge in [0.15, 0.2) is 0 Å². The number of aryl methyl sites for hydroxylation is 2. The first-order valence-electron chi connectivity index (χ1n) is 8.14. The quantitative estimate of drug-likeness (QED) is 0.931. The standard InChI is InChI=1S/C17H26N4O/c1-4-20-7-9-21(10-8-20)12-17(22)14-5-6-16-15(11-14)18-13(2)19(16)3/h5-6,11,17,22H,4,7-10,12H2,1-3H3. The number of fused-ring (bicyclic) bond motifs is 1. The summed E-state index contributed by atoms with van der Waals surface area (Å²) < 4.78 is 2.08. The molecule has 1 aliphatic heterocycles. The Morgan fingerprint density at radius 3 is 2.55 bits per heavy atom. The minimum atomic E-state index is -0.445. The Balaban J connectivity index is 1.68. The Morgan fingerprint density at radius 2 is 1.86 bits per heavy atom. The summed E-state index contributed by atoms with van der Waals surface area (Å²) in [6.07, 6.45) is -0.445. The number of aliphatic hydroxyl groups is 1. The van der Waals surface area contributed by atoms with E-state index < -0.39 is 6.10 Å². The number of hydrogen-bond donors (Lipinski definition) is 1. The van der Waals surface area contributed by atoms with E-state index in [9.17, 15) is 5.11 Å². The minimum absolute atomic E-state index is 0.445. The fourth-order valence-electron chi connectivity index (χ4n) is 3.18. The SMILES string of the molecule is CCN1CCN(CC(O)c2ccc3c(c2)nc(C)n3C)CC1. The maximum Gasteiger partial charge on any atom is 0.106 e. The van der Waals surface area contributed by atoms with Crippen LogP contribution in [-0.4, -0.2) is 63.7 Å². The van der Waals surface area contributed by atoms with Crippen LogP contribution >= 0.6 is 0 Å². The predicted molar refractivity (Wildman–Crippen MR) is 89.0 cm³/mol. The van der Waals surface area contributed by atoms with Crippen molar-refractivity contribution in [2.24, 2.45) is 7.05 Å². The van der Waals surface area contributed by atoms with E-state index in [0.29, 0.717) is 6.54 Å². The van der Waals surface area contributed by atoms with Gasteiger partial charge in [-0.1, -0.05) is 13.0 Å². The van der Waals surface area contributed by atoms with Crippen LogP contribution in [0.1, 0.15) is 24.4 Å². The zero-order valence-electron chi connectivity index (χ0n) is 13.8. The van der Waals surface area contributed by atoms with Crippen LogP contribution in [0.2, 0.25) is 0 Å². The van der Waals surface area contributed by atoms with Gasteiger partial charge in [-0.25, -0.2) is 4.98 Å². The molecule has 0 radical (unpaired) electrons. The first-order chi connectivity index (χ1) is 10.6. The Kier molecular flexibility index (Phi) is 4.47. The molecule has 0 spiro atoms. The fourth-order valence-corrected chi connectivity index (χ4v) is 3.18. The summed E-state index contributed by atoms with van der Waals surface area (Å²) in [4.78, 5) is 9.36. The number of rotatable bonds is 4. The van der Waals surface area contributed by atoms with Gasteiger partial charge in [-0.3, -0.25) is 4.90 Å². The van der Waals surface area contributed by atoms with Gasteiger partial charge in [-0.15, -0.1) is 0 Å². The first kappa shape index (κ1) is 15.5. The number of aromatic nitrogens is 2.